The van der Waals surface area contributed by atoms with E-state index < -0.39 is 0 Å². The van der Waals surface area contributed by atoms with Crippen LogP contribution in [-0.2, 0) is 0 Å². The fourth-order valence-corrected chi connectivity index (χ4v) is 1.57. The van der Waals surface area contributed by atoms with Gasteiger partial charge in [0.15, 0.2) is 0 Å². The number of rotatable bonds is 6. The molecule has 0 saturated carbocycles. The van der Waals surface area contributed by atoms with Gasteiger partial charge in [-0.3, -0.25) is 0 Å². The largest absolute Gasteiger partial charge is 0.493 e. The monoisotopic (exact) mass is 268 g/mol. The van der Waals surface area contributed by atoms with Crippen molar-refractivity contribution < 1.29 is 9.13 Å². The van der Waals surface area contributed by atoms with Crippen LogP contribution in [-0.4, -0.2) is 12.5 Å². The third-order valence-electron chi connectivity index (χ3n) is 2.34. The Bertz CT molecular complexity index is 420. The summed E-state index contributed by atoms with van der Waals surface area (Å²) in [6, 6.07) is 4.55. The number of alkyl halides is 1. The second-order valence-electron chi connectivity index (χ2n) is 3.97. The predicted octanol–water partition coefficient (Wildman–Crippen LogP) is 4.38. The molecule has 0 aliphatic heterocycles. The first-order valence-electron chi connectivity index (χ1n) is 6.24. The molecular formula is C15H18ClFO. The van der Waals surface area contributed by atoms with Gasteiger partial charge in [-0.1, -0.05) is 31.6 Å². The molecule has 0 radical (unpaired) electrons. The quantitative estimate of drug-likeness (QED) is 0.423. The van der Waals surface area contributed by atoms with Gasteiger partial charge < -0.3 is 4.74 Å². The summed E-state index contributed by atoms with van der Waals surface area (Å²) in [5, 5.41) is 0. The van der Waals surface area contributed by atoms with Crippen LogP contribution in [0.15, 0.2) is 18.2 Å². The molecule has 0 amide bonds. The Morgan fingerprint density at radius 1 is 1.28 bits per heavy atom. The lowest BCUT2D eigenvalue weighted by Crippen LogP contribution is -1.97. The first-order valence-corrected chi connectivity index (χ1v) is 6.78. The van der Waals surface area contributed by atoms with E-state index in [0.717, 1.165) is 19.3 Å². The maximum Gasteiger partial charge on any atom is 0.128 e. The van der Waals surface area contributed by atoms with Gasteiger partial charge in [0.2, 0.25) is 0 Å². The molecule has 98 valence electrons. The summed E-state index contributed by atoms with van der Waals surface area (Å²) >= 11 is 5.53. The minimum absolute atomic E-state index is 0.321. The van der Waals surface area contributed by atoms with Crippen molar-refractivity contribution in [3.05, 3.63) is 29.6 Å². The van der Waals surface area contributed by atoms with E-state index in [2.05, 4.69) is 18.8 Å². The standard InChI is InChI=1S/C15H18ClFO/c1-2-3-6-9-18-15-11-13(7-4-5-8-16)10-14(17)12-15/h10-12H,2-3,5-6,8-9H2,1H3. The summed E-state index contributed by atoms with van der Waals surface area (Å²) in [7, 11) is 0. The second-order valence-corrected chi connectivity index (χ2v) is 4.35. The molecule has 0 aliphatic rings. The minimum atomic E-state index is -0.321. The van der Waals surface area contributed by atoms with Gasteiger partial charge in [-0.05, 0) is 18.6 Å². The molecule has 0 fully saturated rings. The van der Waals surface area contributed by atoms with E-state index in [1.807, 2.05) is 0 Å². The van der Waals surface area contributed by atoms with Gasteiger partial charge in [-0.2, -0.15) is 0 Å². The third kappa shape index (κ3) is 5.93. The zero-order valence-corrected chi connectivity index (χ0v) is 11.4. The number of benzene rings is 1. The van der Waals surface area contributed by atoms with Crippen molar-refractivity contribution in [2.24, 2.45) is 0 Å². The highest BCUT2D eigenvalue weighted by Gasteiger charge is 2.00. The molecule has 0 spiro atoms. The van der Waals surface area contributed by atoms with E-state index >= 15 is 0 Å². The summed E-state index contributed by atoms with van der Waals surface area (Å²) in [6.07, 6.45) is 3.85. The van der Waals surface area contributed by atoms with Gasteiger partial charge in [0.1, 0.15) is 11.6 Å². The molecule has 0 bridgehead atoms. The summed E-state index contributed by atoms with van der Waals surface area (Å²) < 4.78 is 18.8. The number of hydrogen-bond acceptors (Lipinski definition) is 1. The highest BCUT2D eigenvalue weighted by atomic mass is 35.5. The van der Waals surface area contributed by atoms with Crippen molar-refractivity contribution in [2.45, 2.75) is 32.6 Å². The lowest BCUT2D eigenvalue weighted by atomic mass is 10.2. The van der Waals surface area contributed by atoms with Crippen LogP contribution in [0, 0.1) is 17.7 Å². The van der Waals surface area contributed by atoms with E-state index in [1.165, 1.54) is 12.1 Å². The Morgan fingerprint density at radius 2 is 2.11 bits per heavy atom. The molecule has 1 aromatic carbocycles. The average molecular weight is 269 g/mol. The first-order chi connectivity index (χ1) is 8.76. The highest BCUT2D eigenvalue weighted by molar-refractivity contribution is 6.18. The second kappa shape index (κ2) is 8.83. The molecule has 3 heteroatoms. The van der Waals surface area contributed by atoms with Crippen molar-refractivity contribution in [1.82, 2.24) is 0 Å². The number of halogens is 2. The predicted molar refractivity (Wildman–Crippen MR) is 73.6 cm³/mol. The fourth-order valence-electron chi connectivity index (χ4n) is 1.47. The summed E-state index contributed by atoms with van der Waals surface area (Å²) in [6.45, 7) is 2.75. The molecule has 0 N–H and O–H groups in total. The van der Waals surface area contributed by atoms with Gasteiger partial charge >= 0.3 is 0 Å². The zero-order chi connectivity index (χ0) is 13.2. The zero-order valence-electron chi connectivity index (χ0n) is 10.6. The van der Waals surface area contributed by atoms with Crippen LogP contribution < -0.4 is 4.74 Å². The molecule has 0 aliphatic carbocycles. The molecule has 0 aromatic heterocycles. The SMILES string of the molecule is CCCCCOc1cc(F)cc(C#CCCCl)c1. The molecule has 0 atom stereocenters. The number of unbranched alkanes of at least 4 members (excludes halogenated alkanes) is 2. The summed E-state index contributed by atoms with van der Waals surface area (Å²) in [5.74, 6) is 6.46. The normalized spacial score (nSPS) is 9.72. The maximum absolute atomic E-state index is 13.3. The molecule has 0 unspecified atom stereocenters. The van der Waals surface area contributed by atoms with Gasteiger partial charge in [0.25, 0.3) is 0 Å². The Hall–Kier alpha value is -1.20. The Labute approximate surface area is 113 Å². The highest BCUT2D eigenvalue weighted by Crippen LogP contribution is 2.16. The average Bonchev–Trinajstić information content (AvgIpc) is 2.34. The van der Waals surface area contributed by atoms with E-state index in [0.29, 0.717) is 30.2 Å². The van der Waals surface area contributed by atoms with Crippen molar-refractivity contribution in [1.29, 1.82) is 0 Å². The van der Waals surface area contributed by atoms with Gasteiger partial charge in [0, 0.05) is 23.9 Å². The van der Waals surface area contributed by atoms with Crippen LogP contribution in [0.2, 0.25) is 0 Å². The number of hydrogen-bond donors (Lipinski definition) is 0. The van der Waals surface area contributed by atoms with Crippen LogP contribution in [0.5, 0.6) is 5.75 Å². The van der Waals surface area contributed by atoms with E-state index in [-0.39, 0.29) is 5.82 Å². The van der Waals surface area contributed by atoms with Crippen LogP contribution in [0.3, 0.4) is 0 Å². The van der Waals surface area contributed by atoms with Crippen molar-refractivity contribution >= 4 is 11.6 Å². The van der Waals surface area contributed by atoms with E-state index in [1.54, 1.807) is 6.07 Å². The van der Waals surface area contributed by atoms with Crippen molar-refractivity contribution in [2.75, 3.05) is 12.5 Å². The topological polar surface area (TPSA) is 9.23 Å². The molecule has 1 rings (SSSR count). The van der Waals surface area contributed by atoms with Gasteiger partial charge in [0.05, 0.1) is 6.61 Å². The van der Waals surface area contributed by atoms with Crippen molar-refractivity contribution in [3.8, 4) is 17.6 Å². The third-order valence-corrected chi connectivity index (χ3v) is 2.53. The van der Waals surface area contributed by atoms with Crippen molar-refractivity contribution in [3.63, 3.8) is 0 Å². The van der Waals surface area contributed by atoms with Crippen LogP contribution in [0.25, 0.3) is 0 Å². The molecule has 0 heterocycles. The first kappa shape index (κ1) is 14.9. The number of ether oxygens (including phenoxy) is 1. The molecular weight excluding hydrogens is 251 g/mol. The Balaban J connectivity index is 2.60. The fraction of sp³-hybridized carbons (Fsp3) is 0.467. The minimum Gasteiger partial charge on any atom is -0.493 e. The van der Waals surface area contributed by atoms with Gasteiger partial charge in [-0.25, -0.2) is 4.39 Å². The molecule has 1 aromatic rings. The summed E-state index contributed by atoms with van der Waals surface area (Å²) in [5.41, 5.74) is 0.630. The smallest absolute Gasteiger partial charge is 0.128 e. The molecule has 18 heavy (non-hydrogen) atoms. The maximum atomic E-state index is 13.3. The van der Waals surface area contributed by atoms with Crippen LogP contribution in [0.1, 0.15) is 38.2 Å². The Morgan fingerprint density at radius 3 is 2.83 bits per heavy atom. The van der Waals surface area contributed by atoms with E-state index in [4.69, 9.17) is 16.3 Å². The van der Waals surface area contributed by atoms with Crippen LogP contribution >= 0.6 is 11.6 Å². The molecule has 0 saturated heterocycles. The lowest BCUT2D eigenvalue weighted by Gasteiger charge is -2.06. The lowest BCUT2D eigenvalue weighted by molar-refractivity contribution is 0.304. The molecule has 1 nitrogen and oxygen atoms in total. The van der Waals surface area contributed by atoms with E-state index in [9.17, 15) is 4.39 Å². The summed E-state index contributed by atoms with van der Waals surface area (Å²) in [4.78, 5) is 0. The van der Waals surface area contributed by atoms with Crippen LogP contribution in [0.4, 0.5) is 4.39 Å². The van der Waals surface area contributed by atoms with Gasteiger partial charge in [-0.15, -0.1) is 11.6 Å². The Kier molecular flexibility index (Phi) is 7.29.